The minimum Gasteiger partial charge on any atom is -0.504 e. The van der Waals surface area contributed by atoms with Gasteiger partial charge in [0.05, 0.1) is 5.75 Å². The molecule has 104 valence electrons. The number of carbonyl (C=O) groups is 1. The van der Waals surface area contributed by atoms with Gasteiger partial charge in [0.2, 0.25) is 0 Å². The largest absolute Gasteiger partial charge is 0.504 e. The van der Waals surface area contributed by atoms with Crippen molar-refractivity contribution in [3.63, 3.8) is 0 Å². The molecule has 0 aliphatic rings. The van der Waals surface area contributed by atoms with Gasteiger partial charge in [-0.25, -0.2) is 8.78 Å². The lowest BCUT2D eigenvalue weighted by Crippen LogP contribution is -2.02. The van der Waals surface area contributed by atoms with E-state index >= 15 is 0 Å². The molecule has 0 aromatic heterocycles. The third kappa shape index (κ3) is 3.27. The van der Waals surface area contributed by atoms with Crippen LogP contribution in [-0.4, -0.2) is 21.7 Å². The van der Waals surface area contributed by atoms with Gasteiger partial charge in [-0.3, -0.25) is 4.79 Å². The molecule has 0 bridgehead atoms. The van der Waals surface area contributed by atoms with E-state index in [2.05, 4.69) is 0 Å². The number of ketones is 1. The Morgan fingerprint density at radius 3 is 2.40 bits per heavy atom. The Kier molecular flexibility index (Phi) is 4.24. The van der Waals surface area contributed by atoms with Crippen LogP contribution >= 0.6 is 11.8 Å². The molecule has 3 nitrogen and oxygen atoms in total. The van der Waals surface area contributed by atoms with E-state index in [1.807, 2.05) is 0 Å². The van der Waals surface area contributed by atoms with Crippen LogP contribution in [-0.2, 0) is 0 Å². The molecular formula is C14H10F2O3S. The first-order valence-electron chi connectivity index (χ1n) is 5.60. The second-order valence-corrected chi connectivity index (χ2v) is 5.04. The number of carbonyl (C=O) groups excluding carboxylic acids is 1. The lowest BCUT2D eigenvalue weighted by Gasteiger charge is -2.04. The van der Waals surface area contributed by atoms with Crippen LogP contribution in [0.5, 0.6) is 11.5 Å². The van der Waals surface area contributed by atoms with Crippen LogP contribution in [0.1, 0.15) is 10.4 Å². The van der Waals surface area contributed by atoms with Crippen LogP contribution < -0.4 is 0 Å². The van der Waals surface area contributed by atoms with Gasteiger partial charge < -0.3 is 10.2 Å². The van der Waals surface area contributed by atoms with Gasteiger partial charge in [0, 0.05) is 10.5 Å². The Hall–Kier alpha value is -2.08. The average Bonchev–Trinajstić information content (AvgIpc) is 2.43. The molecule has 0 amide bonds. The highest BCUT2D eigenvalue weighted by Crippen LogP contribution is 2.26. The minimum atomic E-state index is -0.968. The van der Waals surface area contributed by atoms with Crippen molar-refractivity contribution in [2.24, 2.45) is 0 Å². The van der Waals surface area contributed by atoms with E-state index in [-0.39, 0.29) is 28.6 Å². The summed E-state index contributed by atoms with van der Waals surface area (Å²) >= 11 is 1.06. The molecule has 0 spiro atoms. The molecule has 0 saturated carbocycles. The number of aromatic hydroxyl groups is 2. The predicted octanol–water partition coefficient (Wildman–Crippen LogP) is 3.35. The molecule has 2 rings (SSSR count). The first kappa shape index (κ1) is 14.3. The Morgan fingerprint density at radius 2 is 1.75 bits per heavy atom. The normalized spacial score (nSPS) is 10.5. The highest BCUT2D eigenvalue weighted by Gasteiger charge is 2.10. The number of hydrogen-bond acceptors (Lipinski definition) is 4. The SMILES string of the molecule is O=C(CSc1ccc(F)c(F)c1)c1ccc(O)c(O)c1. The van der Waals surface area contributed by atoms with Crippen molar-refractivity contribution in [3.8, 4) is 11.5 Å². The van der Waals surface area contributed by atoms with Crippen LogP contribution in [0.2, 0.25) is 0 Å². The van der Waals surface area contributed by atoms with E-state index in [0.29, 0.717) is 4.90 Å². The van der Waals surface area contributed by atoms with E-state index in [4.69, 9.17) is 5.11 Å². The van der Waals surface area contributed by atoms with Crippen molar-refractivity contribution in [3.05, 3.63) is 53.6 Å². The summed E-state index contributed by atoms with van der Waals surface area (Å²) < 4.78 is 25.7. The van der Waals surface area contributed by atoms with Crippen molar-refractivity contribution in [1.82, 2.24) is 0 Å². The molecule has 0 unspecified atom stereocenters. The van der Waals surface area contributed by atoms with Crippen LogP contribution in [0.4, 0.5) is 8.78 Å². The fourth-order valence-electron chi connectivity index (χ4n) is 1.50. The smallest absolute Gasteiger partial charge is 0.173 e. The second kappa shape index (κ2) is 5.92. The van der Waals surface area contributed by atoms with E-state index in [1.54, 1.807) is 0 Å². The Balaban J connectivity index is 2.04. The molecule has 2 N–H and O–H groups in total. The zero-order valence-corrected chi connectivity index (χ0v) is 11.0. The molecule has 0 fully saturated rings. The van der Waals surface area contributed by atoms with Gasteiger partial charge in [0.25, 0.3) is 0 Å². The summed E-state index contributed by atoms with van der Waals surface area (Å²) in [7, 11) is 0. The number of phenols is 2. The molecule has 0 radical (unpaired) electrons. The molecule has 0 heterocycles. The molecule has 2 aromatic rings. The molecule has 2 aromatic carbocycles. The summed E-state index contributed by atoms with van der Waals surface area (Å²) in [4.78, 5) is 12.3. The van der Waals surface area contributed by atoms with E-state index in [0.717, 1.165) is 30.0 Å². The van der Waals surface area contributed by atoms with Gasteiger partial charge >= 0.3 is 0 Å². The number of Topliss-reactive ketones (excluding diaryl/α,β-unsaturated/α-hetero) is 1. The van der Waals surface area contributed by atoms with Gasteiger partial charge in [0.1, 0.15) is 0 Å². The Labute approximate surface area is 117 Å². The third-order valence-corrected chi connectivity index (χ3v) is 3.55. The number of phenolic OH excluding ortho intramolecular Hbond substituents is 2. The van der Waals surface area contributed by atoms with Crippen LogP contribution in [0.3, 0.4) is 0 Å². The highest BCUT2D eigenvalue weighted by molar-refractivity contribution is 8.00. The highest BCUT2D eigenvalue weighted by atomic mass is 32.2. The van der Waals surface area contributed by atoms with Gasteiger partial charge in [-0.1, -0.05) is 0 Å². The van der Waals surface area contributed by atoms with Crippen LogP contribution in [0, 0.1) is 11.6 Å². The fraction of sp³-hybridized carbons (Fsp3) is 0.0714. The van der Waals surface area contributed by atoms with Crippen molar-refractivity contribution in [2.45, 2.75) is 4.90 Å². The quantitative estimate of drug-likeness (QED) is 0.516. The first-order chi connectivity index (χ1) is 9.47. The number of halogens is 2. The van der Waals surface area contributed by atoms with Gasteiger partial charge in [0.15, 0.2) is 28.9 Å². The molecule has 6 heteroatoms. The molecule has 0 aliphatic heterocycles. The van der Waals surface area contributed by atoms with E-state index < -0.39 is 11.6 Å². The second-order valence-electron chi connectivity index (χ2n) is 3.99. The van der Waals surface area contributed by atoms with Crippen molar-refractivity contribution in [1.29, 1.82) is 0 Å². The topological polar surface area (TPSA) is 57.5 Å². The maximum absolute atomic E-state index is 13.0. The molecule has 0 atom stereocenters. The maximum Gasteiger partial charge on any atom is 0.173 e. The number of rotatable bonds is 4. The molecule has 0 aliphatic carbocycles. The molecular weight excluding hydrogens is 286 g/mol. The monoisotopic (exact) mass is 296 g/mol. The summed E-state index contributed by atoms with van der Waals surface area (Å²) in [6.45, 7) is 0. The summed E-state index contributed by atoms with van der Waals surface area (Å²) in [5.74, 6) is -2.89. The standard InChI is InChI=1S/C14H10F2O3S/c15-10-3-2-9(6-11(10)16)20-7-14(19)8-1-4-12(17)13(18)5-8/h1-6,17-18H,7H2. The van der Waals surface area contributed by atoms with Crippen LogP contribution in [0.25, 0.3) is 0 Å². The van der Waals surface area contributed by atoms with Crippen molar-refractivity contribution >= 4 is 17.5 Å². The summed E-state index contributed by atoms with van der Waals surface area (Å²) in [6.07, 6.45) is 0. The van der Waals surface area contributed by atoms with E-state index in [9.17, 15) is 18.7 Å². The zero-order valence-electron chi connectivity index (χ0n) is 10.1. The number of thioether (sulfide) groups is 1. The van der Waals surface area contributed by atoms with Gasteiger partial charge in [-0.2, -0.15) is 0 Å². The number of benzene rings is 2. The molecule has 20 heavy (non-hydrogen) atoms. The predicted molar refractivity (Wildman–Crippen MR) is 71.2 cm³/mol. The molecule has 0 saturated heterocycles. The Bertz CT molecular complexity index is 659. The summed E-state index contributed by atoms with van der Waals surface area (Å²) in [5, 5.41) is 18.4. The lowest BCUT2D eigenvalue weighted by molar-refractivity contribution is 0.102. The first-order valence-corrected chi connectivity index (χ1v) is 6.59. The Morgan fingerprint density at radius 1 is 1.00 bits per heavy atom. The maximum atomic E-state index is 13.0. The lowest BCUT2D eigenvalue weighted by atomic mass is 10.1. The average molecular weight is 296 g/mol. The minimum absolute atomic E-state index is 0.00921. The third-order valence-electron chi connectivity index (χ3n) is 2.56. The van der Waals surface area contributed by atoms with Gasteiger partial charge in [-0.05, 0) is 36.4 Å². The number of hydrogen-bond donors (Lipinski definition) is 2. The summed E-state index contributed by atoms with van der Waals surface area (Å²) in [6, 6.07) is 7.14. The summed E-state index contributed by atoms with van der Waals surface area (Å²) in [5.41, 5.74) is 0.232. The van der Waals surface area contributed by atoms with E-state index in [1.165, 1.54) is 18.2 Å². The van der Waals surface area contributed by atoms with Crippen molar-refractivity contribution < 1.29 is 23.8 Å². The van der Waals surface area contributed by atoms with Gasteiger partial charge in [-0.15, -0.1) is 11.8 Å². The fourth-order valence-corrected chi connectivity index (χ4v) is 2.31. The zero-order chi connectivity index (χ0) is 14.7. The van der Waals surface area contributed by atoms with Crippen molar-refractivity contribution in [2.75, 3.05) is 5.75 Å². The van der Waals surface area contributed by atoms with Crippen LogP contribution in [0.15, 0.2) is 41.3 Å².